The van der Waals surface area contributed by atoms with Crippen LogP contribution in [-0.4, -0.2) is 41.1 Å². The molecule has 1 saturated heterocycles. The fourth-order valence-electron chi connectivity index (χ4n) is 3.35. The smallest absolute Gasteiger partial charge is 0.151 e. The van der Waals surface area contributed by atoms with Crippen molar-refractivity contribution in [3.05, 3.63) is 77.0 Å². The van der Waals surface area contributed by atoms with Gasteiger partial charge in [0.15, 0.2) is 5.76 Å². The van der Waals surface area contributed by atoms with Gasteiger partial charge in [0, 0.05) is 49.4 Å². The normalized spacial score (nSPS) is 16.0. The number of piperazine rings is 1. The van der Waals surface area contributed by atoms with E-state index in [2.05, 4.69) is 33.2 Å². The Morgan fingerprint density at radius 2 is 1.58 bits per heavy atom. The van der Waals surface area contributed by atoms with E-state index in [9.17, 15) is 0 Å². The van der Waals surface area contributed by atoms with Crippen molar-refractivity contribution in [3.63, 3.8) is 0 Å². The summed E-state index contributed by atoms with van der Waals surface area (Å²) in [5.41, 5.74) is 3.27. The van der Waals surface area contributed by atoms with E-state index in [-0.39, 0.29) is 0 Å². The van der Waals surface area contributed by atoms with Crippen LogP contribution in [-0.2, 0) is 13.1 Å². The summed E-state index contributed by atoms with van der Waals surface area (Å²) < 4.78 is 5.54. The third-order valence-corrected chi connectivity index (χ3v) is 5.00. The molecule has 1 aliphatic rings. The molecule has 3 aromatic rings. The van der Waals surface area contributed by atoms with Crippen molar-refractivity contribution in [2.24, 2.45) is 0 Å². The van der Waals surface area contributed by atoms with Crippen LogP contribution in [0.25, 0.3) is 11.3 Å². The summed E-state index contributed by atoms with van der Waals surface area (Å²) >= 11 is 6.08. The van der Waals surface area contributed by atoms with Gasteiger partial charge in [-0.05, 0) is 17.7 Å². The highest BCUT2D eigenvalue weighted by molar-refractivity contribution is 6.30. The molecule has 4 nitrogen and oxygen atoms in total. The van der Waals surface area contributed by atoms with Gasteiger partial charge in [0.1, 0.15) is 5.69 Å². The summed E-state index contributed by atoms with van der Waals surface area (Å²) in [5, 5.41) is 5.01. The molecule has 134 valence electrons. The highest BCUT2D eigenvalue weighted by Crippen LogP contribution is 2.20. The Kier molecular flexibility index (Phi) is 5.34. The summed E-state index contributed by atoms with van der Waals surface area (Å²) in [6.07, 6.45) is 0. The molecule has 2 heterocycles. The Hall–Kier alpha value is -2.14. The molecule has 0 amide bonds. The first-order valence-corrected chi connectivity index (χ1v) is 9.34. The summed E-state index contributed by atoms with van der Waals surface area (Å²) in [5.74, 6) is 0.923. The van der Waals surface area contributed by atoms with Gasteiger partial charge < -0.3 is 4.52 Å². The lowest BCUT2D eigenvalue weighted by atomic mass is 10.1. The standard InChI is InChI=1S/C21H22ClN3O/c22-19-8-4-5-17(13-19)15-24-9-11-25(12-10-24)16-20-14-21(23-26-20)18-6-2-1-3-7-18/h1-8,13-14H,9-12,15-16H2. The summed E-state index contributed by atoms with van der Waals surface area (Å²) in [7, 11) is 0. The summed E-state index contributed by atoms with van der Waals surface area (Å²) in [6.45, 7) is 5.92. The maximum absolute atomic E-state index is 6.08. The molecule has 5 heteroatoms. The molecule has 0 N–H and O–H groups in total. The van der Waals surface area contributed by atoms with Crippen LogP contribution in [0.3, 0.4) is 0 Å². The van der Waals surface area contributed by atoms with Crippen molar-refractivity contribution in [1.82, 2.24) is 15.0 Å². The van der Waals surface area contributed by atoms with Crippen molar-refractivity contribution in [3.8, 4) is 11.3 Å². The van der Waals surface area contributed by atoms with E-state index < -0.39 is 0 Å². The van der Waals surface area contributed by atoms with Crippen LogP contribution in [0, 0.1) is 0 Å². The fourth-order valence-corrected chi connectivity index (χ4v) is 3.56. The van der Waals surface area contributed by atoms with Crippen LogP contribution in [0.15, 0.2) is 65.2 Å². The number of hydrogen-bond acceptors (Lipinski definition) is 4. The first-order chi connectivity index (χ1) is 12.8. The Morgan fingerprint density at radius 1 is 0.846 bits per heavy atom. The zero-order valence-electron chi connectivity index (χ0n) is 14.6. The molecule has 0 aliphatic carbocycles. The van der Waals surface area contributed by atoms with Gasteiger partial charge in [-0.3, -0.25) is 9.80 Å². The minimum atomic E-state index is 0.806. The van der Waals surface area contributed by atoms with Crippen molar-refractivity contribution >= 4 is 11.6 Å². The van der Waals surface area contributed by atoms with Crippen molar-refractivity contribution in [2.45, 2.75) is 13.1 Å². The quantitative estimate of drug-likeness (QED) is 0.672. The van der Waals surface area contributed by atoms with Gasteiger partial charge in [-0.15, -0.1) is 0 Å². The fraction of sp³-hybridized carbons (Fsp3) is 0.286. The first-order valence-electron chi connectivity index (χ1n) is 8.96. The maximum atomic E-state index is 6.08. The Morgan fingerprint density at radius 3 is 2.31 bits per heavy atom. The van der Waals surface area contributed by atoms with Crippen LogP contribution in [0.4, 0.5) is 0 Å². The highest BCUT2D eigenvalue weighted by Gasteiger charge is 2.19. The molecule has 26 heavy (non-hydrogen) atoms. The van der Waals surface area contributed by atoms with Crippen LogP contribution < -0.4 is 0 Å². The molecule has 0 saturated carbocycles. The lowest BCUT2D eigenvalue weighted by Gasteiger charge is -2.34. The number of hydrogen-bond donors (Lipinski definition) is 0. The number of benzene rings is 2. The minimum Gasteiger partial charge on any atom is -0.359 e. The molecule has 2 aromatic carbocycles. The second-order valence-corrected chi connectivity index (χ2v) is 7.16. The summed E-state index contributed by atoms with van der Waals surface area (Å²) in [4.78, 5) is 4.89. The number of aromatic nitrogens is 1. The zero-order chi connectivity index (χ0) is 17.8. The Labute approximate surface area is 159 Å². The lowest BCUT2D eigenvalue weighted by Crippen LogP contribution is -2.45. The van der Waals surface area contributed by atoms with E-state index in [1.54, 1.807) is 0 Å². The predicted octanol–water partition coefficient (Wildman–Crippen LogP) is 4.31. The van der Waals surface area contributed by atoms with Crippen LogP contribution in [0.5, 0.6) is 0 Å². The average molecular weight is 368 g/mol. The maximum Gasteiger partial charge on any atom is 0.151 e. The highest BCUT2D eigenvalue weighted by atomic mass is 35.5. The second kappa shape index (κ2) is 8.04. The number of rotatable bonds is 5. The molecular weight excluding hydrogens is 346 g/mol. The number of halogens is 1. The molecular formula is C21H22ClN3O. The molecule has 0 atom stereocenters. The first kappa shape index (κ1) is 17.3. The largest absolute Gasteiger partial charge is 0.359 e. The topological polar surface area (TPSA) is 32.5 Å². The molecule has 1 fully saturated rings. The monoisotopic (exact) mass is 367 g/mol. The molecule has 0 radical (unpaired) electrons. The van der Waals surface area contributed by atoms with Gasteiger partial charge in [-0.25, -0.2) is 0 Å². The van der Waals surface area contributed by atoms with Crippen molar-refractivity contribution in [2.75, 3.05) is 26.2 Å². The number of nitrogens with zero attached hydrogens (tertiary/aromatic N) is 3. The van der Waals surface area contributed by atoms with E-state index in [1.807, 2.05) is 42.5 Å². The molecule has 1 aromatic heterocycles. The van der Waals surface area contributed by atoms with E-state index in [0.717, 1.165) is 61.3 Å². The average Bonchev–Trinajstić information content (AvgIpc) is 3.13. The van der Waals surface area contributed by atoms with Crippen molar-refractivity contribution in [1.29, 1.82) is 0 Å². The van der Waals surface area contributed by atoms with Gasteiger partial charge >= 0.3 is 0 Å². The zero-order valence-corrected chi connectivity index (χ0v) is 15.4. The SMILES string of the molecule is Clc1cccc(CN2CCN(Cc3cc(-c4ccccc4)no3)CC2)c1. The van der Waals surface area contributed by atoms with E-state index >= 15 is 0 Å². The molecule has 4 rings (SSSR count). The third kappa shape index (κ3) is 4.33. The van der Waals surface area contributed by atoms with Gasteiger partial charge in [-0.2, -0.15) is 0 Å². The molecule has 1 aliphatic heterocycles. The lowest BCUT2D eigenvalue weighted by molar-refractivity contribution is 0.114. The minimum absolute atomic E-state index is 0.806. The van der Waals surface area contributed by atoms with Gasteiger partial charge in [-0.1, -0.05) is 59.2 Å². The Bertz CT molecular complexity index is 841. The predicted molar refractivity (Wildman–Crippen MR) is 104 cm³/mol. The van der Waals surface area contributed by atoms with Crippen LogP contribution >= 0.6 is 11.6 Å². The van der Waals surface area contributed by atoms with Gasteiger partial charge in [0.2, 0.25) is 0 Å². The molecule has 0 bridgehead atoms. The Balaban J connectivity index is 1.29. The van der Waals surface area contributed by atoms with Crippen LogP contribution in [0.2, 0.25) is 5.02 Å². The summed E-state index contributed by atoms with van der Waals surface area (Å²) in [6, 6.07) is 20.3. The van der Waals surface area contributed by atoms with E-state index in [4.69, 9.17) is 16.1 Å². The van der Waals surface area contributed by atoms with Gasteiger partial charge in [0.05, 0.1) is 6.54 Å². The molecule has 0 spiro atoms. The van der Waals surface area contributed by atoms with Gasteiger partial charge in [0.25, 0.3) is 0 Å². The third-order valence-electron chi connectivity index (χ3n) is 4.77. The molecule has 0 unspecified atom stereocenters. The van der Waals surface area contributed by atoms with E-state index in [1.165, 1.54) is 5.56 Å². The second-order valence-electron chi connectivity index (χ2n) is 6.73. The van der Waals surface area contributed by atoms with Crippen LogP contribution in [0.1, 0.15) is 11.3 Å². The van der Waals surface area contributed by atoms with Crippen molar-refractivity contribution < 1.29 is 4.52 Å². The van der Waals surface area contributed by atoms with E-state index in [0.29, 0.717) is 0 Å².